The van der Waals surface area contributed by atoms with Crippen LogP contribution in [0.15, 0.2) is 103 Å². The molecular weight excluding hydrogens is 559 g/mol. The molecule has 0 fully saturated rings. The number of ether oxygens (including phenoxy) is 2. The summed E-state index contributed by atoms with van der Waals surface area (Å²) in [6.45, 7) is 2.58. The molecule has 44 heavy (non-hydrogen) atoms. The van der Waals surface area contributed by atoms with Crippen molar-refractivity contribution in [2.24, 2.45) is 0 Å². The lowest BCUT2D eigenvalue weighted by Crippen LogP contribution is -2.33. The molecule has 0 aliphatic rings. The van der Waals surface area contributed by atoms with Crippen molar-refractivity contribution in [2.75, 3.05) is 30.5 Å². The summed E-state index contributed by atoms with van der Waals surface area (Å²) in [5.74, 6) is -0.524. The molecular formula is C36H37FN2O5. The number of anilines is 2. The Bertz CT molecular complexity index is 1540. The molecule has 8 heteroatoms. The van der Waals surface area contributed by atoms with E-state index in [1.807, 2.05) is 49.4 Å². The average Bonchev–Trinajstić information content (AvgIpc) is 3.05. The number of carbonyl (C=O) groups is 3. The number of ketones is 1. The molecule has 4 aromatic rings. The zero-order chi connectivity index (χ0) is 31.3. The molecule has 1 unspecified atom stereocenters. The number of hydrogen-bond donors (Lipinski definition) is 1. The van der Waals surface area contributed by atoms with Gasteiger partial charge in [0, 0.05) is 36.2 Å². The topological polar surface area (TPSA) is 84.9 Å². The summed E-state index contributed by atoms with van der Waals surface area (Å²) >= 11 is 0. The Morgan fingerprint density at radius 3 is 2.25 bits per heavy atom. The Morgan fingerprint density at radius 1 is 0.864 bits per heavy atom. The predicted molar refractivity (Wildman–Crippen MR) is 170 cm³/mol. The number of benzene rings is 4. The van der Waals surface area contributed by atoms with E-state index >= 15 is 0 Å². The fraction of sp³-hybridized carbons (Fsp3) is 0.250. The lowest BCUT2D eigenvalue weighted by molar-refractivity contribution is -0.141. The summed E-state index contributed by atoms with van der Waals surface area (Å²) in [4.78, 5) is 40.0. The summed E-state index contributed by atoms with van der Waals surface area (Å²) in [6.07, 6.45) is 1.85. The molecule has 0 heterocycles. The number of methoxy groups -OCH3 is 1. The van der Waals surface area contributed by atoms with Crippen LogP contribution in [0.2, 0.25) is 0 Å². The van der Waals surface area contributed by atoms with E-state index in [-0.39, 0.29) is 17.4 Å². The summed E-state index contributed by atoms with van der Waals surface area (Å²) in [7, 11) is 1.33. The van der Waals surface area contributed by atoms with Crippen LogP contribution in [0.4, 0.5) is 15.8 Å². The predicted octanol–water partition coefficient (Wildman–Crippen LogP) is 6.86. The highest BCUT2D eigenvalue weighted by molar-refractivity contribution is 6.12. The summed E-state index contributed by atoms with van der Waals surface area (Å²) in [6, 6.07) is 29.0. The number of rotatable bonds is 15. The van der Waals surface area contributed by atoms with Gasteiger partial charge in [0.15, 0.2) is 5.78 Å². The van der Waals surface area contributed by atoms with Gasteiger partial charge in [-0.05, 0) is 54.8 Å². The monoisotopic (exact) mass is 596 g/mol. The van der Waals surface area contributed by atoms with Gasteiger partial charge in [-0.25, -0.2) is 9.18 Å². The largest absolute Gasteiger partial charge is 0.494 e. The molecule has 228 valence electrons. The van der Waals surface area contributed by atoms with Crippen molar-refractivity contribution in [3.63, 3.8) is 0 Å². The van der Waals surface area contributed by atoms with E-state index in [9.17, 15) is 18.8 Å². The number of halogens is 1. The SMILES string of the molecule is CCCC(=O)N(CCCOc1ccc(CC(Nc2ccccc2C(=O)c2ccccc2)C(=O)OC)cc1)c1ccccc1F. The van der Waals surface area contributed by atoms with Crippen molar-refractivity contribution in [3.8, 4) is 5.75 Å². The van der Waals surface area contributed by atoms with Crippen LogP contribution >= 0.6 is 0 Å². The second-order valence-corrected chi connectivity index (χ2v) is 10.3. The van der Waals surface area contributed by atoms with Crippen molar-refractivity contribution in [3.05, 3.63) is 126 Å². The first-order valence-electron chi connectivity index (χ1n) is 14.7. The Kier molecular flexibility index (Phi) is 11.6. The van der Waals surface area contributed by atoms with Gasteiger partial charge < -0.3 is 19.7 Å². The number of esters is 1. The maximum absolute atomic E-state index is 14.4. The zero-order valence-electron chi connectivity index (χ0n) is 25.0. The van der Waals surface area contributed by atoms with Crippen molar-refractivity contribution in [1.82, 2.24) is 0 Å². The van der Waals surface area contributed by atoms with Crippen LogP contribution in [0.3, 0.4) is 0 Å². The zero-order valence-corrected chi connectivity index (χ0v) is 25.0. The molecule has 0 aromatic heterocycles. The Balaban J connectivity index is 1.37. The normalized spacial score (nSPS) is 11.3. The third-order valence-corrected chi connectivity index (χ3v) is 7.09. The molecule has 1 atom stereocenters. The van der Waals surface area contributed by atoms with Crippen LogP contribution in [0.25, 0.3) is 0 Å². The van der Waals surface area contributed by atoms with E-state index in [0.717, 1.165) is 5.56 Å². The number of hydrogen-bond acceptors (Lipinski definition) is 6. The van der Waals surface area contributed by atoms with Crippen molar-refractivity contribution in [2.45, 2.75) is 38.6 Å². The number of amides is 1. The molecule has 1 amide bonds. The van der Waals surface area contributed by atoms with E-state index in [1.54, 1.807) is 54.6 Å². The van der Waals surface area contributed by atoms with E-state index < -0.39 is 17.8 Å². The second-order valence-electron chi connectivity index (χ2n) is 10.3. The number of nitrogens with one attached hydrogen (secondary N) is 1. The van der Waals surface area contributed by atoms with Gasteiger partial charge in [0.05, 0.1) is 19.4 Å². The molecule has 0 saturated carbocycles. The minimum Gasteiger partial charge on any atom is -0.494 e. The fourth-order valence-corrected chi connectivity index (χ4v) is 4.84. The molecule has 0 spiro atoms. The van der Waals surface area contributed by atoms with Gasteiger partial charge in [-0.1, -0.05) is 73.7 Å². The molecule has 0 bridgehead atoms. The fourth-order valence-electron chi connectivity index (χ4n) is 4.84. The van der Waals surface area contributed by atoms with Gasteiger partial charge in [-0.2, -0.15) is 0 Å². The third-order valence-electron chi connectivity index (χ3n) is 7.09. The maximum Gasteiger partial charge on any atom is 0.328 e. The van der Waals surface area contributed by atoms with Crippen LogP contribution in [0.5, 0.6) is 5.75 Å². The Labute approximate surface area is 257 Å². The molecule has 0 aliphatic carbocycles. The molecule has 1 N–H and O–H groups in total. The Morgan fingerprint density at radius 2 is 1.55 bits per heavy atom. The maximum atomic E-state index is 14.4. The molecule has 0 saturated heterocycles. The summed E-state index contributed by atoms with van der Waals surface area (Å²) < 4.78 is 25.3. The van der Waals surface area contributed by atoms with Gasteiger partial charge in [-0.3, -0.25) is 9.59 Å². The highest BCUT2D eigenvalue weighted by Crippen LogP contribution is 2.23. The number of nitrogens with zero attached hydrogens (tertiary/aromatic N) is 1. The van der Waals surface area contributed by atoms with Crippen LogP contribution in [-0.4, -0.2) is 44.0 Å². The highest BCUT2D eigenvalue weighted by Gasteiger charge is 2.23. The van der Waals surface area contributed by atoms with Gasteiger partial charge >= 0.3 is 5.97 Å². The minimum atomic E-state index is -0.735. The smallest absolute Gasteiger partial charge is 0.328 e. The first-order chi connectivity index (χ1) is 21.4. The van der Waals surface area contributed by atoms with Gasteiger partial charge in [-0.15, -0.1) is 0 Å². The molecule has 0 aliphatic heterocycles. The van der Waals surface area contributed by atoms with Crippen LogP contribution in [0.1, 0.15) is 47.7 Å². The third kappa shape index (κ3) is 8.53. The lowest BCUT2D eigenvalue weighted by Gasteiger charge is -2.23. The van der Waals surface area contributed by atoms with Crippen molar-refractivity contribution < 1.29 is 28.2 Å². The van der Waals surface area contributed by atoms with Crippen molar-refractivity contribution >= 4 is 29.0 Å². The molecule has 0 radical (unpaired) electrons. The second kappa shape index (κ2) is 16.0. The standard InChI is InChI=1S/C36H37FN2O5/c1-3-12-34(40)39(33-18-10-8-16-30(33)37)23-11-24-44-28-21-19-26(20-22-28)25-32(36(42)43-2)38-31-17-9-7-15-29(31)35(41)27-13-5-4-6-14-27/h4-10,13-22,32,38H,3,11-12,23-25H2,1-2H3. The minimum absolute atomic E-state index is 0.122. The van der Waals surface area contributed by atoms with Gasteiger partial charge in [0.1, 0.15) is 17.6 Å². The van der Waals surface area contributed by atoms with Crippen LogP contribution in [-0.2, 0) is 20.7 Å². The van der Waals surface area contributed by atoms with Crippen LogP contribution < -0.4 is 15.0 Å². The average molecular weight is 597 g/mol. The summed E-state index contributed by atoms with van der Waals surface area (Å²) in [5, 5.41) is 3.21. The van der Waals surface area contributed by atoms with E-state index in [2.05, 4.69) is 5.32 Å². The quantitative estimate of drug-likeness (QED) is 0.0918. The van der Waals surface area contributed by atoms with E-state index in [1.165, 1.54) is 18.1 Å². The van der Waals surface area contributed by atoms with Crippen molar-refractivity contribution in [1.29, 1.82) is 0 Å². The lowest BCUT2D eigenvalue weighted by atomic mass is 10.00. The van der Waals surface area contributed by atoms with Gasteiger partial charge in [0.25, 0.3) is 0 Å². The first kappa shape index (κ1) is 31.9. The van der Waals surface area contributed by atoms with E-state index in [4.69, 9.17) is 9.47 Å². The number of carbonyl (C=O) groups excluding carboxylic acids is 3. The number of para-hydroxylation sites is 2. The molecule has 4 rings (SSSR count). The molecule has 7 nitrogen and oxygen atoms in total. The van der Waals surface area contributed by atoms with Crippen LogP contribution in [0, 0.1) is 5.82 Å². The molecule has 4 aromatic carbocycles. The summed E-state index contributed by atoms with van der Waals surface area (Å²) in [5.41, 5.74) is 2.69. The van der Waals surface area contributed by atoms with Gasteiger partial charge in [0.2, 0.25) is 5.91 Å². The highest BCUT2D eigenvalue weighted by atomic mass is 19.1. The van der Waals surface area contributed by atoms with E-state index in [0.29, 0.717) is 61.4 Å². The first-order valence-corrected chi connectivity index (χ1v) is 14.7. The Hall–Kier alpha value is -4.98.